The Morgan fingerprint density at radius 3 is 2.92 bits per heavy atom. The molecule has 3 rings (SSSR count). The summed E-state index contributed by atoms with van der Waals surface area (Å²) in [6.07, 6.45) is 3.36. The highest BCUT2D eigenvalue weighted by Crippen LogP contribution is 2.15. The third kappa shape index (κ3) is 5.11. The molecule has 1 aliphatic rings. The van der Waals surface area contributed by atoms with Gasteiger partial charge in [0.2, 0.25) is 17.6 Å². The highest BCUT2D eigenvalue weighted by atomic mass is 16.5. The van der Waals surface area contributed by atoms with Crippen LogP contribution < -0.4 is 0 Å². The standard InChI is InChI=1S/C18H23N3O4/c1-21(17(22)13-23-12-15-9-5-6-10-24-15)11-16-19-18(20-25-16)14-7-3-2-4-8-14/h2-4,7-8,15H,5-6,9-13H2,1H3/t15-/m0/s1. The summed E-state index contributed by atoms with van der Waals surface area (Å²) < 4.78 is 16.3. The predicted molar refractivity (Wildman–Crippen MR) is 90.6 cm³/mol. The number of carbonyl (C=O) groups is 1. The average molecular weight is 345 g/mol. The van der Waals surface area contributed by atoms with Gasteiger partial charge in [-0.2, -0.15) is 4.98 Å². The van der Waals surface area contributed by atoms with Gasteiger partial charge in [0.1, 0.15) is 6.61 Å². The highest BCUT2D eigenvalue weighted by molar-refractivity contribution is 5.77. The van der Waals surface area contributed by atoms with Crippen LogP contribution in [0.2, 0.25) is 0 Å². The van der Waals surface area contributed by atoms with E-state index in [1.165, 1.54) is 4.90 Å². The molecule has 0 bridgehead atoms. The Balaban J connectivity index is 1.44. The molecule has 0 spiro atoms. The van der Waals surface area contributed by atoms with Gasteiger partial charge in [-0.3, -0.25) is 4.79 Å². The van der Waals surface area contributed by atoms with E-state index in [0.29, 0.717) is 18.3 Å². The van der Waals surface area contributed by atoms with Crippen LogP contribution in [0, 0.1) is 0 Å². The van der Waals surface area contributed by atoms with E-state index in [2.05, 4.69) is 10.1 Å². The number of hydrogen-bond acceptors (Lipinski definition) is 6. The van der Waals surface area contributed by atoms with Gasteiger partial charge < -0.3 is 18.9 Å². The molecule has 25 heavy (non-hydrogen) atoms. The fraction of sp³-hybridized carbons (Fsp3) is 0.500. The maximum atomic E-state index is 12.1. The Morgan fingerprint density at radius 2 is 2.16 bits per heavy atom. The molecule has 7 nitrogen and oxygen atoms in total. The number of benzene rings is 1. The van der Waals surface area contributed by atoms with Crippen molar-refractivity contribution in [3.05, 3.63) is 36.2 Å². The topological polar surface area (TPSA) is 77.7 Å². The molecule has 1 aromatic carbocycles. The van der Waals surface area contributed by atoms with Crippen LogP contribution in [0.3, 0.4) is 0 Å². The van der Waals surface area contributed by atoms with Crippen LogP contribution in [-0.2, 0) is 20.8 Å². The summed E-state index contributed by atoms with van der Waals surface area (Å²) in [5.41, 5.74) is 0.877. The Hall–Kier alpha value is -2.25. The van der Waals surface area contributed by atoms with Crippen LogP contribution >= 0.6 is 0 Å². The van der Waals surface area contributed by atoms with E-state index in [-0.39, 0.29) is 25.2 Å². The van der Waals surface area contributed by atoms with Crippen molar-refractivity contribution in [2.45, 2.75) is 31.9 Å². The smallest absolute Gasteiger partial charge is 0.248 e. The Bertz CT molecular complexity index is 668. The van der Waals surface area contributed by atoms with Crippen molar-refractivity contribution in [1.29, 1.82) is 0 Å². The predicted octanol–water partition coefficient (Wildman–Crippen LogP) is 2.28. The summed E-state index contributed by atoms with van der Waals surface area (Å²) in [7, 11) is 1.69. The first-order chi connectivity index (χ1) is 12.2. The van der Waals surface area contributed by atoms with Gasteiger partial charge >= 0.3 is 0 Å². The molecule has 1 atom stereocenters. The molecule has 2 heterocycles. The van der Waals surface area contributed by atoms with E-state index in [1.807, 2.05) is 30.3 Å². The normalized spacial score (nSPS) is 17.4. The number of aromatic nitrogens is 2. The van der Waals surface area contributed by atoms with Gasteiger partial charge in [-0.15, -0.1) is 0 Å². The zero-order valence-corrected chi connectivity index (χ0v) is 14.4. The van der Waals surface area contributed by atoms with Crippen LogP contribution in [0.4, 0.5) is 0 Å². The molecule has 1 saturated heterocycles. The largest absolute Gasteiger partial charge is 0.376 e. The zero-order chi connectivity index (χ0) is 17.5. The molecule has 7 heteroatoms. The number of carbonyl (C=O) groups excluding carboxylic acids is 1. The molecule has 1 aromatic heterocycles. The molecule has 0 aliphatic carbocycles. The lowest BCUT2D eigenvalue weighted by atomic mass is 10.1. The molecule has 1 aliphatic heterocycles. The Morgan fingerprint density at radius 1 is 1.32 bits per heavy atom. The minimum Gasteiger partial charge on any atom is -0.376 e. The lowest BCUT2D eigenvalue weighted by Gasteiger charge is -2.22. The van der Waals surface area contributed by atoms with Crippen LogP contribution in [-0.4, -0.2) is 53.9 Å². The van der Waals surface area contributed by atoms with E-state index >= 15 is 0 Å². The van der Waals surface area contributed by atoms with Crippen molar-refractivity contribution in [3.63, 3.8) is 0 Å². The van der Waals surface area contributed by atoms with Crippen molar-refractivity contribution in [2.24, 2.45) is 0 Å². The minimum atomic E-state index is -0.129. The Kier molecular flexibility index (Phi) is 6.14. The van der Waals surface area contributed by atoms with Crippen molar-refractivity contribution >= 4 is 5.91 Å². The number of amides is 1. The quantitative estimate of drug-likeness (QED) is 0.766. The second-order valence-corrected chi connectivity index (χ2v) is 6.13. The molecule has 0 saturated carbocycles. The minimum absolute atomic E-state index is 0.0238. The average Bonchev–Trinajstić information content (AvgIpc) is 3.12. The van der Waals surface area contributed by atoms with Gasteiger partial charge in [-0.1, -0.05) is 35.5 Å². The summed E-state index contributed by atoms with van der Waals surface area (Å²) >= 11 is 0. The van der Waals surface area contributed by atoms with Crippen LogP contribution in [0.15, 0.2) is 34.9 Å². The van der Waals surface area contributed by atoms with Gasteiger partial charge in [-0.25, -0.2) is 0 Å². The van der Waals surface area contributed by atoms with E-state index in [4.69, 9.17) is 14.0 Å². The number of nitrogens with zero attached hydrogens (tertiary/aromatic N) is 3. The number of likely N-dealkylation sites (N-methyl/N-ethyl adjacent to an activating group) is 1. The first-order valence-corrected chi connectivity index (χ1v) is 8.53. The molecular weight excluding hydrogens is 322 g/mol. The van der Waals surface area contributed by atoms with Crippen molar-refractivity contribution < 1.29 is 18.8 Å². The van der Waals surface area contributed by atoms with Gasteiger partial charge in [0.05, 0.1) is 19.3 Å². The van der Waals surface area contributed by atoms with E-state index in [1.54, 1.807) is 7.05 Å². The summed E-state index contributed by atoms with van der Waals surface area (Å²) in [6, 6.07) is 9.56. The molecule has 2 aromatic rings. The molecule has 1 amide bonds. The van der Waals surface area contributed by atoms with Crippen LogP contribution in [0.25, 0.3) is 11.4 Å². The summed E-state index contributed by atoms with van der Waals surface area (Å²) in [5, 5.41) is 3.95. The van der Waals surface area contributed by atoms with Crippen molar-refractivity contribution in [3.8, 4) is 11.4 Å². The second-order valence-electron chi connectivity index (χ2n) is 6.13. The maximum Gasteiger partial charge on any atom is 0.248 e. The second kappa shape index (κ2) is 8.73. The van der Waals surface area contributed by atoms with E-state index < -0.39 is 0 Å². The van der Waals surface area contributed by atoms with Crippen molar-refractivity contribution in [2.75, 3.05) is 26.9 Å². The molecule has 0 unspecified atom stereocenters. The molecule has 0 N–H and O–H groups in total. The summed E-state index contributed by atoms with van der Waals surface area (Å²) in [5.74, 6) is 0.780. The Labute approximate surface area is 146 Å². The number of rotatable bonds is 7. The maximum absolute atomic E-state index is 12.1. The number of ether oxygens (including phenoxy) is 2. The zero-order valence-electron chi connectivity index (χ0n) is 14.4. The fourth-order valence-corrected chi connectivity index (χ4v) is 2.64. The SMILES string of the molecule is CN(Cc1nc(-c2ccccc2)no1)C(=O)COC[C@@H]1CCCCO1. The van der Waals surface area contributed by atoms with Gasteiger partial charge in [0.15, 0.2) is 0 Å². The lowest BCUT2D eigenvalue weighted by Crippen LogP contribution is -2.32. The monoisotopic (exact) mass is 345 g/mol. The first-order valence-electron chi connectivity index (χ1n) is 8.53. The molecule has 134 valence electrons. The fourth-order valence-electron chi connectivity index (χ4n) is 2.64. The molecule has 1 fully saturated rings. The summed E-state index contributed by atoms with van der Waals surface area (Å²) in [6.45, 7) is 1.51. The van der Waals surface area contributed by atoms with E-state index in [9.17, 15) is 4.79 Å². The van der Waals surface area contributed by atoms with E-state index in [0.717, 1.165) is 31.4 Å². The van der Waals surface area contributed by atoms with Gasteiger partial charge in [0.25, 0.3) is 0 Å². The van der Waals surface area contributed by atoms with Gasteiger partial charge in [-0.05, 0) is 19.3 Å². The van der Waals surface area contributed by atoms with Crippen LogP contribution in [0.5, 0.6) is 0 Å². The van der Waals surface area contributed by atoms with Crippen molar-refractivity contribution in [1.82, 2.24) is 15.0 Å². The number of hydrogen-bond donors (Lipinski definition) is 0. The molecular formula is C18H23N3O4. The van der Waals surface area contributed by atoms with Crippen LogP contribution in [0.1, 0.15) is 25.2 Å². The third-order valence-electron chi connectivity index (χ3n) is 4.10. The third-order valence-corrected chi connectivity index (χ3v) is 4.10. The first kappa shape index (κ1) is 17.6. The highest BCUT2D eigenvalue weighted by Gasteiger charge is 2.17. The van der Waals surface area contributed by atoms with Gasteiger partial charge in [0, 0.05) is 19.2 Å². The summed E-state index contributed by atoms with van der Waals surface area (Å²) in [4.78, 5) is 18.0. The molecule has 0 radical (unpaired) electrons. The lowest BCUT2D eigenvalue weighted by molar-refractivity contribution is -0.137.